The van der Waals surface area contributed by atoms with Gasteiger partial charge in [0.05, 0.1) is 11.6 Å². The van der Waals surface area contributed by atoms with Crippen LogP contribution in [0.5, 0.6) is 0 Å². The number of nitrogens with two attached hydrogens (primary N) is 1. The van der Waals surface area contributed by atoms with E-state index in [4.69, 9.17) is 5.73 Å². The Hall–Kier alpha value is -2.20. The zero-order valence-corrected chi connectivity index (χ0v) is 10.5. The minimum atomic E-state index is -0.325. The fraction of sp³-hybridized carbons (Fsp3) is 0.133. The van der Waals surface area contributed by atoms with E-state index in [-0.39, 0.29) is 11.9 Å². The first-order valence-electron chi connectivity index (χ1n) is 6.16. The highest BCUT2D eigenvalue weighted by Gasteiger charge is 2.17. The van der Waals surface area contributed by atoms with Crippen LogP contribution in [0.2, 0.25) is 0 Å². The van der Waals surface area contributed by atoms with Crippen molar-refractivity contribution in [2.24, 2.45) is 5.73 Å². The average molecular weight is 255 g/mol. The number of halogens is 1. The number of hydrogen-bond acceptors (Lipinski definition) is 2. The molecular weight excluding hydrogens is 241 g/mol. The van der Waals surface area contributed by atoms with Crippen molar-refractivity contribution < 1.29 is 4.39 Å². The first-order chi connectivity index (χ1) is 9.18. The van der Waals surface area contributed by atoms with E-state index in [1.807, 2.05) is 47.9 Å². The summed E-state index contributed by atoms with van der Waals surface area (Å²) in [5, 5.41) is 0. The lowest BCUT2D eigenvalue weighted by atomic mass is 10.2. The fourth-order valence-electron chi connectivity index (χ4n) is 2.24. The van der Waals surface area contributed by atoms with Crippen LogP contribution >= 0.6 is 0 Å². The van der Waals surface area contributed by atoms with E-state index in [9.17, 15) is 4.39 Å². The number of para-hydroxylation sites is 2. The summed E-state index contributed by atoms with van der Waals surface area (Å²) in [6, 6.07) is 14.4. The summed E-state index contributed by atoms with van der Waals surface area (Å²) in [6.07, 6.45) is 0. The Morgan fingerprint density at radius 2 is 1.84 bits per heavy atom. The van der Waals surface area contributed by atoms with Crippen molar-refractivity contribution >= 4 is 11.0 Å². The summed E-state index contributed by atoms with van der Waals surface area (Å²) in [5.41, 5.74) is 7.99. The lowest BCUT2D eigenvalue weighted by molar-refractivity contribution is 0.636. The highest BCUT2D eigenvalue weighted by atomic mass is 19.1. The Morgan fingerprint density at radius 3 is 2.53 bits per heavy atom. The van der Waals surface area contributed by atoms with Crippen LogP contribution < -0.4 is 5.73 Å². The van der Waals surface area contributed by atoms with Gasteiger partial charge in [0.2, 0.25) is 0 Å². The predicted octanol–water partition coefficient (Wildman–Crippen LogP) is 3.18. The third-order valence-electron chi connectivity index (χ3n) is 3.08. The van der Waals surface area contributed by atoms with Gasteiger partial charge < -0.3 is 5.73 Å². The van der Waals surface area contributed by atoms with Crippen molar-refractivity contribution in [3.63, 3.8) is 0 Å². The molecule has 3 aromatic rings. The molecule has 2 N–H and O–H groups in total. The van der Waals surface area contributed by atoms with E-state index in [0.29, 0.717) is 11.3 Å². The van der Waals surface area contributed by atoms with E-state index >= 15 is 0 Å². The molecule has 1 aromatic heterocycles. The van der Waals surface area contributed by atoms with Gasteiger partial charge in [0.1, 0.15) is 11.3 Å². The quantitative estimate of drug-likeness (QED) is 0.764. The van der Waals surface area contributed by atoms with Gasteiger partial charge in [-0.2, -0.15) is 0 Å². The van der Waals surface area contributed by atoms with Gasteiger partial charge in [-0.15, -0.1) is 0 Å². The van der Waals surface area contributed by atoms with Crippen molar-refractivity contribution in [1.82, 2.24) is 9.55 Å². The minimum absolute atomic E-state index is 0.271. The molecule has 0 aliphatic carbocycles. The summed E-state index contributed by atoms with van der Waals surface area (Å²) < 4.78 is 15.7. The molecule has 96 valence electrons. The summed E-state index contributed by atoms with van der Waals surface area (Å²) in [7, 11) is 0. The topological polar surface area (TPSA) is 43.8 Å². The highest BCUT2D eigenvalue weighted by molar-refractivity contribution is 5.79. The Bertz CT molecular complexity index is 717. The lowest BCUT2D eigenvalue weighted by Gasteiger charge is -2.11. The Kier molecular flexibility index (Phi) is 2.80. The molecule has 1 heterocycles. The largest absolute Gasteiger partial charge is 0.322 e. The third-order valence-corrected chi connectivity index (χ3v) is 3.08. The zero-order valence-electron chi connectivity index (χ0n) is 10.5. The summed E-state index contributed by atoms with van der Waals surface area (Å²) in [5.74, 6) is 0.334. The number of nitrogens with zero attached hydrogens (tertiary/aromatic N) is 2. The van der Waals surface area contributed by atoms with Gasteiger partial charge in [0.15, 0.2) is 5.82 Å². The third kappa shape index (κ3) is 1.90. The lowest BCUT2D eigenvalue weighted by Crippen LogP contribution is -2.12. The Labute approximate surface area is 110 Å². The number of imidazole rings is 1. The van der Waals surface area contributed by atoms with Gasteiger partial charge in [-0.05, 0) is 31.2 Å². The standard InChI is InChI=1S/C15H14FN3/c1-10(17)15-18-14-12(16)8-5-9-13(14)19(15)11-6-3-2-4-7-11/h2-10H,17H2,1H3/t10-/m0/s1. The van der Waals surface area contributed by atoms with Crippen LogP contribution in [0, 0.1) is 5.82 Å². The van der Waals surface area contributed by atoms with E-state index < -0.39 is 0 Å². The van der Waals surface area contributed by atoms with E-state index in [1.54, 1.807) is 6.07 Å². The molecule has 0 fully saturated rings. The number of benzene rings is 2. The molecule has 0 bridgehead atoms. The number of hydrogen-bond donors (Lipinski definition) is 1. The van der Waals surface area contributed by atoms with Crippen LogP contribution in [0.4, 0.5) is 4.39 Å². The first-order valence-corrected chi connectivity index (χ1v) is 6.16. The summed E-state index contributed by atoms with van der Waals surface area (Å²) >= 11 is 0. The van der Waals surface area contributed by atoms with Crippen molar-refractivity contribution in [1.29, 1.82) is 0 Å². The second-order valence-electron chi connectivity index (χ2n) is 4.54. The van der Waals surface area contributed by atoms with Gasteiger partial charge in [0.25, 0.3) is 0 Å². The highest BCUT2D eigenvalue weighted by Crippen LogP contribution is 2.25. The van der Waals surface area contributed by atoms with Crippen molar-refractivity contribution in [3.05, 3.63) is 60.2 Å². The second-order valence-corrected chi connectivity index (χ2v) is 4.54. The molecule has 2 aromatic carbocycles. The number of rotatable bonds is 2. The number of aromatic nitrogens is 2. The molecule has 0 spiro atoms. The Morgan fingerprint density at radius 1 is 1.11 bits per heavy atom. The van der Waals surface area contributed by atoms with Crippen molar-refractivity contribution in [2.75, 3.05) is 0 Å². The fourth-order valence-corrected chi connectivity index (χ4v) is 2.24. The van der Waals surface area contributed by atoms with Crippen LogP contribution in [-0.2, 0) is 0 Å². The maximum Gasteiger partial charge on any atom is 0.151 e. The van der Waals surface area contributed by atoms with Crippen LogP contribution in [0.25, 0.3) is 16.7 Å². The second kappa shape index (κ2) is 4.48. The molecule has 0 saturated carbocycles. The molecule has 1 atom stereocenters. The summed E-state index contributed by atoms with van der Waals surface area (Å²) in [4.78, 5) is 4.35. The molecule has 0 aliphatic heterocycles. The maximum absolute atomic E-state index is 13.8. The van der Waals surface area contributed by atoms with Gasteiger partial charge in [-0.3, -0.25) is 4.57 Å². The Balaban J connectivity index is 2.38. The van der Waals surface area contributed by atoms with Crippen molar-refractivity contribution in [2.45, 2.75) is 13.0 Å². The first kappa shape index (κ1) is 11.9. The molecule has 0 amide bonds. The minimum Gasteiger partial charge on any atom is -0.322 e. The molecule has 0 radical (unpaired) electrons. The molecule has 3 rings (SSSR count). The van der Waals surface area contributed by atoms with Crippen LogP contribution in [-0.4, -0.2) is 9.55 Å². The molecule has 0 saturated heterocycles. The maximum atomic E-state index is 13.8. The van der Waals surface area contributed by atoms with Gasteiger partial charge in [-0.25, -0.2) is 9.37 Å². The van der Waals surface area contributed by atoms with Crippen molar-refractivity contribution in [3.8, 4) is 5.69 Å². The molecule has 4 heteroatoms. The van der Waals surface area contributed by atoms with E-state index in [1.165, 1.54) is 6.07 Å². The van der Waals surface area contributed by atoms with Crippen LogP contribution in [0.1, 0.15) is 18.8 Å². The summed E-state index contributed by atoms with van der Waals surface area (Å²) in [6.45, 7) is 1.85. The zero-order chi connectivity index (χ0) is 13.4. The van der Waals surface area contributed by atoms with Gasteiger partial charge in [-0.1, -0.05) is 24.3 Å². The van der Waals surface area contributed by atoms with Gasteiger partial charge in [0, 0.05) is 5.69 Å². The van der Waals surface area contributed by atoms with E-state index in [2.05, 4.69) is 4.98 Å². The molecule has 0 aliphatic rings. The molecular formula is C15H14FN3. The monoisotopic (exact) mass is 255 g/mol. The molecule has 0 unspecified atom stereocenters. The smallest absolute Gasteiger partial charge is 0.151 e. The molecule has 19 heavy (non-hydrogen) atoms. The van der Waals surface area contributed by atoms with Crippen LogP contribution in [0.3, 0.4) is 0 Å². The normalized spacial score (nSPS) is 12.8. The molecule has 3 nitrogen and oxygen atoms in total. The number of fused-ring (bicyclic) bond motifs is 1. The predicted molar refractivity (Wildman–Crippen MR) is 73.6 cm³/mol. The van der Waals surface area contributed by atoms with Crippen LogP contribution in [0.15, 0.2) is 48.5 Å². The van der Waals surface area contributed by atoms with Gasteiger partial charge >= 0.3 is 0 Å². The van der Waals surface area contributed by atoms with E-state index in [0.717, 1.165) is 11.2 Å². The SMILES string of the molecule is C[C@H](N)c1nc2c(F)cccc2n1-c1ccccc1. The average Bonchev–Trinajstić information content (AvgIpc) is 2.81.